The average molecular weight is 230 g/mol. The molecular formula is C9H14N2O5. The van der Waals surface area contributed by atoms with Gasteiger partial charge in [0.2, 0.25) is 5.91 Å². The average Bonchev–Trinajstić information content (AvgIpc) is 2.24. The first-order valence-corrected chi connectivity index (χ1v) is 4.82. The van der Waals surface area contributed by atoms with Crippen LogP contribution >= 0.6 is 0 Å². The number of ether oxygens (including phenoxy) is 1. The number of carboxylic acid groups (broad SMARTS) is 1. The van der Waals surface area contributed by atoms with Crippen LogP contribution in [0, 0.1) is 0 Å². The van der Waals surface area contributed by atoms with Crippen molar-refractivity contribution in [1.29, 1.82) is 0 Å². The number of nitrogens with zero attached hydrogens (tertiary/aromatic N) is 1. The van der Waals surface area contributed by atoms with E-state index in [9.17, 15) is 14.4 Å². The van der Waals surface area contributed by atoms with E-state index in [1.165, 1.54) is 12.0 Å². The fraction of sp³-hybridized carbons (Fsp3) is 0.667. The number of aldehydes is 1. The summed E-state index contributed by atoms with van der Waals surface area (Å²) in [6.07, 6.45) is -0.357. The molecular weight excluding hydrogens is 216 g/mol. The van der Waals surface area contributed by atoms with Gasteiger partial charge in [-0.25, -0.2) is 0 Å². The molecule has 0 aromatic heterocycles. The molecule has 7 heteroatoms. The standard InChI is InChI=1S/C9H14N2O5/c1-16-6(5-12)8-9(15)11(3-2-10-8)4-7(13)14/h5-6,8,10H,2-4H2,1H3,(H,13,14). The number of piperazine rings is 1. The summed E-state index contributed by atoms with van der Waals surface area (Å²) in [5, 5.41) is 11.4. The van der Waals surface area contributed by atoms with E-state index in [0.717, 1.165) is 0 Å². The molecule has 16 heavy (non-hydrogen) atoms. The van der Waals surface area contributed by atoms with Crippen molar-refractivity contribution in [3.05, 3.63) is 0 Å². The number of methoxy groups -OCH3 is 1. The third kappa shape index (κ3) is 2.77. The van der Waals surface area contributed by atoms with Gasteiger partial charge >= 0.3 is 5.97 Å². The normalized spacial score (nSPS) is 22.9. The van der Waals surface area contributed by atoms with Gasteiger partial charge in [0.1, 0.15) is 18.7 Å². The van der Waals surface area contributed by atoms with Crippen LogP contribution in [-0.2, 0) is 19.1 Å². The van der Waals surface area contributed by atoms with E-state index in [4.69, 9.17) is 9.84 Å². The van der Waals surface area contributed by atoms with Gasteiger partial charge in [0, 0.05) is 20.2 Å². The largest absolute Gasteiger partial charge is 0.480 e. The van der Waals surface area contributed by atoms with Crippen molar-refractivity contribution in [3.8, 4) is 0 Å². The lowest BCUT2D eigenvalue weighted by molar-refractivity contribution is -0.149. The Labute approximate surface area is 92.4 Å². The van der Waals surface area contributed by atoms with E-state index in [-0.39, 0.29) is 6.54 Å². The SMILES string of the molecule is COC(C=O)C1NCCN(CC(=O)O)C1=O. The number of hydrogen-bond donors (Lipinski definition) is 2. The quantitative estimate of drug-likeness (QED) is 0.535. The second kappa shape index (κ2) is 5.57. The molecule has 1 aliphatic heterocycles. The first-order valence-electron chi connectivity index (χ1n) is 4.82. The molecule has 0 aromatic carbocycles. The third-order valence-corrected chi connectivity index (χ3v) is 2.38. The Kier molecular flexibility index (Phi) is 4.39. The number of carbonyl (C=O) groups excluding carboxylic acids is 2. The fourth-order valence-corrected chi connectivity index (χ4v) is 1.60. The molecule has 1 saturated heterocycles. The minimum Gasteiger partial charge on any atom is -0.480 e. The van der Waals surface area contributed by atoms with Crippen LogP contribution in [-0.4, -0.2) is 67.1 Å². The summed E-state index contributed by atoms with van der Waals surface area (Å²) >= 11 is 0. The Morgan fingerprint density at radius 2 is 2.50 bits per heavy atom. The molecule has 2 unspecified atom stereocenters. The van der Waals surface area contributed by atoms with Crippen molar-refractivity contribution in [3.63, 3.8) is 0 Å². The van der Waals surface area contributed by atoms with Gasteiger partial charge in [0.25, 0.3) is 0 Å². The van der Waals surface area contributed by atoms with Gasteiger partial charge in [-0.1, -0.05) is 0 Å². The molecule has 0 spiro atoms. The Morgan fingerprint density at radius 1 is 1.81 bits per heavy atom. The number of carboxylic acids is 1. The molecule has 0 aromatic rings. The molecule has 1 aliphatic rings. The first-order chi connectivity index (χ1) is 7.60. The minimum absolute atomic E-state index is 0.316. The summed E-state index contributed by atoms with van der Waals surface area (Å²) in [5.41, 5.74) is 0. The van der Waals surface area contributed by atoms with E-state index < -0.39 is 24.0 Å². The van der Waals surface area contributed by atoms with E-state index in [1.807, 2.05) is 0 Å². The Hall–Kier alpha value is -1.47. The molecule has 2 N–H and O–H groups in total. The van der Waals surface area contributed by atoms with Crippen molar-refractivity contribution < 1.29 is 24.2 Å². The molecule has 1 fully saturated rings. The number of hydrogen-bond acceptors (Lipinski definition) is 5. The van der Waals surface area contributed by atoms with Crippen molar-refractivity contribution in [2.45, 2.75) is 12.1 Å². The fourth-order valence-electron chi connectivity index (χ4n) is 1.60. The number of carbonyl (C=O) groups is 3. The minimum atomic E-state index is -1.07. The maximum absolute atomic E-state index is 11.8. The summed E-state index contributed by atoms with van der Waals surface area (Å²) in [6.45, 7) is 0.403. The van der Waals surface area contributed by atoms with Crippen molar-refractivity contribution in [2.24, 2.45) is 0 Å². The van der Waals surface area contributed by atoms with E-state index in [1.54, 1.807) is 0 Å². The Balaban J connectivity index is 2.70. The molecule has 1 amide bonds. The van der Waals surface area contributed by atoms with E-state index in [2.05, 4.69) is 5.32 Å². The number of amides is 1. The highest BCUT2D eigenvalue weighted by Crippen LogP contribution is 2.06. The topological polar surface area (TPSA) is 95.9 Å². The highest BCUT2D eigenvalue weighted by atomic mass is 16.5. The molecule has 1 heterocycles. The molecule has 1 rings (SSSR count). The molecule has 7 nitrogen and oxygen atoms in total. The van der Waals surface area contributed by atoms with Gasteiger partial charge in [0.15, 0.2) is 6.29 Å². The third-order valence-electron chi connectivity index (χ3n) is 2.38. The molecule has 0 saturated carbocycles. The van der Waals surface area contributed by atoms with Crippen LogP contribution in [0.25, 0.3) is 0 Å². The second-order valence-corrected chi connectivity index (χ2v) is 3.42. The lowest BCUT2D eigenvalue weighted by atomic mass is 10.1. The van der Waals surface area contributed by atoms with Crippen LogP contribution in [0.3, 0.4) is 0 Å². The van der Waals surface area contributed by atoms with Gasteiger partial charge in [-0.05, 0) is 0 Å². The summed E-state index contributed by atoms with van der Waals surface area (Å²) in [6, 6.07) is -0.796. The van der Waals surface area contributed by atoms with Crippen LogP contribution in [0.1, 0.15) is 0 Å². The zero-order valence-electron chi connectivity index (χ0n) is 8.88. The molecule has 2 atom stereocenters. The van der Waals surface area contributed by atoms with Crippen LogP contribution < -0.4 is 5.32 Å². The van der Waals surface area contributed by atoms with Crippen LogP contribution in [0.4, 0.5) is 0 Å². The number of rotatable bonds is 5. The highest BCUT2D eigenvalue weighted by Gasteiger charge is 2.35. The molecule has 0 bridgehead atoms. The van der Waals surface area contributed by atoms with Gasteiger partial charge in [0.05, 0.1) is 0 Å². The van der Waals surface area contributed by atoms with E-state index in [0.29, 0.717) is 19.4 Å². The van der Waals surface area contributed by atoms with Crippen molar-refractivity contribution in [2.75, 3.05) is 26.7 Å². The zero-order chi connectivity index (χ0) is 12.1. The monoisotopic (exact) mass is 230 g/mol. The summed E-state index contributed by atoms with van der Waals surface area (Å²) in [5.74, 6) is -1.50. The molecule has 0 aliphatic carbocycles. The van der Waals surface area contributed by atoms with Crippen LogP contribution in [0.2, 0.25) is 0 Å². The van der Waals surface area contributed by atoms with Gasteiger partial charge in [-0.2, -0.15) is 0 Å². The lowest BCUT2D eigenvalue weighted by Crippen LogP contribution is -2.61. The van der Waals surface area contributed by atoms with Gasteiger partial charge in [-0.15, -0.1) is 0 Å². The summed E-state index contributed by atoms with van der Waals surface area (Å²) < 4.78 is 4.84. The predicted molar refractivity (Wildman–Crippen MR) is 52.9 cm³/mol. The zero-order valence-corrected chi connectivity index (χ0v) is 8.88. The predicted octanol–water partition coefficient (Wildman–Crippen LogP) is -1.91. The smallest absolute Gasteiger partial charge is 0.323 e. The number of nitrogens with one attached hydrogen (secondary N) is 1. The first kappa shape index (κ1) is 12.6. The summed E-state index contributed by atoms with van der Waals surface area (Å²) in [4.78, 5) is 34.1. The summed E-state index contributed by atoms with van der Waals surface area (Å²) in [7, 11) is 1.32. The highest BCUT2D eigenvalue weighted by molar-refractivity contribution is 5.89. The van der Waals surface area contributed by atoms with Crippen molar-refractivity contribution >= 4 is 18.2 Å². The maximum atomic E-state index is 11.8. The Bertz CT molecular complexity index is 294. The number of aliphatic carboxylic acids is 1. The second-order valence-electron chi connectivity index (χ2n) is 3.42. The maximum Gasteiger partial charge on any atom is 0.323 e. The molecule has 90 valence electrons. The Morgan fingerprint density at radius 3 is 3.00 bits per heavy atom. The van der Waals surface area contributed by atoms with Gasteiger partial charge in [-0.3, -0.25) is 9.59 Å². The van der Waals surface area contributed by atoms with Crippen LogP contribution in [0.15, 0.2) is 0 Å². The van der Waals surface area contributed by atoms with Crippen LogP contribution in [0.5, 0.6) is 0 Å². The van der Waals surface area contributed by atoms with Gasteiger partial charge < -0.3 is 24.9 Å². The lowest BCUT2D eigenvalue weighted by Gasteiger charge is -2.33. The molecule has 0 radical (unpaired) electrons. The van der Waals surface area contributed by atoms with Crippen molar-refractivity contribution in [1.82, 2.24) is 10.2 Å². The van der Waals surface area contributed by atoms with E-state index >= 15 is 0 Å².